The number of nitrogen functional groups attached to an aromatic ring is 1. The topological polar surface area (TPSA) is 92.5 Å². The summed E-state index contributed by atoms with van der Waals surface area (Å²) in [7, 11) is -4.00. The summed E-state index contributed by atoms with van der Waals surface area (Å²) in [6.45, 7) is 2.89. The van der Waals surface area contributed by atoms with E-state index in [1.807, 2.05) is 24.3 Å². The number of rotatable bonds is 6. The van der Waals surface area contributed by atoms with Crippen molar-refractivity contribution < 1.29 is 22.0 Å². The summed E-state index contributed by atoms with van der Waals surface area (Å²) in [5.74, 6) is -2.19. The van der Waals surface area contributed by atoms with Crippen LogP contribution in [0.3, 0.4) is 0 Å². The molecular weight excluding hydrogens is 472 g/mol. The van der Waals surface area contributed by atoms with Gasteiger partial charge in [0.05, 0.1) is 11.4 Å². The Morgan fingerprint density at radius 1 is 1.03 bits per heavy atom. The third-order valence-corrected chi connectivity index (χ3v) is 7.52. The van der Waals surface area contributed by atoms with Crippen molar-refractivity contribution in [2.75, 3.05) is 23.5 Å². The third-order valence-electron chi connectivity index (χ3n) is 6.30. The van der Waals surface area contributed by atoms with Gasteiger partial charge in [-0.05, 0) is 67.1 Å². The maximum Gasteiger partial charge on any atom is 0.253 e. The minimum Gasteiger partial charge on any atom is -0.399 e. The van der Waals surface area contributed by atoms with Crippen molar-refractivity contribution in [1.82, 2.24) is 4.90 Å². The van der Waals surface area contributed by atoms with E-state index in [4.69, 9.17) is 5.73 Å². The van der Waals surface area contributed by atoms with E-state index in [-0.39, 0.29) is 17.2 Å². The number of benzene rings is 3. The Balaban J connectivity index is 1.44. The van der Waals surface area contributed by atoms with Crippen LogP contribution in [-0.2, 0) is 15.8 Å². The fourth-order valence-electron chi connectivity index (χ4n) is 4.28. The number of hydrogen-bond acceptors (Lipinski definition) is 4. The molecular formula is C26H27F2N3O3S. The van der Waals surface area contributed by atoms with Gasteiger partial charge in [-0.15, -0.1) is 0 Å². The molecule has 3 aromatic rings. The molecule has 1 fully saturated rings. The Kier molecular flexibility index (Phi) is 7.07. The van der Waals surface area contributed by atoms with E-state index in [1.165, 1.54) is 11.6 Å². The predicted octanol–water partition coefficient (Wildman–Crippen LogP) is 4.82. The second kappa shape index (κ2) is 10.0. The van der Waals surface area contributed by atoms with E-state index < -0.39 is 27.4 Å². The molecule has 1 saturated heterocycles. The molecule has 0 unspecified atom stereocenters. The first-order chi connectivity index (χ1) is 16.6. The highest BCUT2D eigenvalue weighted by atomic mass is 32.2. The number of anilines is 2. The molecule has 1 aliphatic heterocycles. The normalized spacial score (nSPS) is 14.7. The first kappa shape index (κ1) is 24.7. The van der Waals surface area contributed by atoms with Gasteiger partial charge in [-0.25, -0.2) is 17.2 Å². The van der Waals surface area contributed by atoms with E-state index in [2.05, 4.69) is 4.72 Å². The summed E-state index contributed by atoms with van der Waals surface area (Å²) >= 11 is 0. The van der Waals surface area contributed by atoms with Crippen molar-refractivity contribution in [2.24, 2.45) is 0 Å². The maximum atomic E-state index is 13.9. The highest BCUT2D eigenvalue weighted by molar-refractivity contribution is 7.91. The van der Waals surface area contributed by atoms with Gasteiger partial charge >= 0.3 is 0 Å². The fourth-order valence-corrected chi connectivity index (χ4v) is 5.55. The lowest BCUT2D eigenvalue weighted by atomic mass is 9.89. The molecule has 6 nitrogen and oxygen atoms in total. The molecule has 1 aliphatic rings. The largest absolute Gasteiger partial charge is 0.399 e. The lowest BCUT2D eigenvalue weighted by Gasteiger charge is -2.32. The number of amides is 1. The van der Waals surface area contributed by atoms with E-state index in [1.54, 1.807) is 24.0 Å². The van der Waals surface area contributed by atoms with Gasteiger partial charge in [0, 0.05) is 36.0 Å². The molecule has 0 aromatic heterocycles. The van der Waals surface area contributed by atoms with Gasteiger partial charge in [0.25, 0.3) is 5.91 Å². The highest BCUT2D eigenvalue weighted by Crippen LogP contribution is 2.30. The SMILES string of the molecule is Cc1ccc(C(=O)N2CCC(c3ccc(N)cc3)CC2)cc1NS(=O)(=O)Cc1ccc(F)cc1F. The van der Waals surface area contributed by atoms with Crippen LogP contribution in [0.1, 0.15) is 45.8 Å². The molecule has 4 rings (SSSR count). The summed E-state index contributed by atoms with van der Waals surface area (Å²) in [5, 5.41) is 0. The second-order valence-corrected chi connectivity index (χ2v) is 10.6. The van der Waals surface area contributed by atoms with Gasteiger partial charge in [0.1, 0.15) is 11.6 Å². The Labute approximate surface area is 203 Å². The average Bonchev–Trinajstić information content (AvgIpc) is 2.82. The summed E-state index contributed by atoms with van der Waals surface area (Å²) in [5.41, 5.74) is 8.78. The zero-order chi connectivity index (χ0) is 25.2. The molecule has 0 radical (unpaired) electrons. The van der Waals surface area contributed by atoms with Crippen molar-refractivity contribution in [3.63, 3.8) is 0 Å². The molecule has 3 aromatic carbocycles. The van der Waals surface area contributed by atoms with Crippen molar-refractivity contribution in [1.29, 1.82) is 0 Å². The minimum absolute atomic E-state index is 0.146. The van der Waals surface area contributed by atoms with E-state index in [0.29, 0.717) is 36.2 Å². The number of nitrogens with zero attached hydrogens (tertiary/aromatic N) is 1. The van der Waals surface area contributed by atoms with Crippen LogP contribution < -0.4 is 10.5 Å². The second-order valence-electron chi connectivity index (χ2n) is 8.86. The van der Waals surface area contributed by atoms with Crippen molar-refractivity contribution in [2.45, 2.75) is 31.4 Å². The van der Waals surface area contributed by atoms with Gasteiger partial charge in [0.15, 0.2) is 0 Å². The number of carbonyl (C=O) groups excluding carboxylic acids is 1. The van der Waals surface area contributed by atoms with Crippen LogP contribution in [0.4, 0.5) is 20.2 Å². The molecule has 0 spiro atoms. The summed E-state index contributed by atoms with van der Waals surface area (Å²) in [6.07, 6.45) is 1.65. The zero-order valence-corrected chi connectivity index (χ0v) is 20.1. The van der Waals surface area contributed by atoms with Crippen LogP contribution in [0, 0.1) is 18.6 Å². The molecule has 0 aliphatic carbocycles. The van der Waals surface area contributed by atoms with Gasteiger partial charge in [-0.3, -0.25) is 9.52 Å². The Morgan fingerprint density at radius 2 is 1.71 bits per heavy atom. The average molecular weight is 500 g/mol. The number of piperidine rings is 1. The van der Waals surface area contributed by atoms with E-state index in [0.717, 1.165) is 30.7 Å². The fraction of sp³-hybridized carbons (Fsp3) is 0.269. The number of nitrogens with one attached hydrogen (secondary N) is 1. The number of likely N-dealkylation sites (tertiary alicyclic amines) is 1. The molecule has 0 bridgehead atoms. The maximum absolute atomic E-state index is 13.9. The Morgan fingerprint density at radius 3 is 2.37 bits per heavy atom. The van der Waals surface area contributed by atoms with Gasteiger partial charge in [-0.2, -0.15) is 0 Å². The summed E-state index contributed by atoms with van der Waals surface area (Å²) < 4.78 is 54.8. The molecule has 0 saturated carbocycles. The van der Waals surface area contributed by atoms with Crippen molar-refractivity contribution >= 4 is 27.3 Å². The van der Waals surface area contributed by atoms with Crippen molar-refractivity contribution in [3.8, 4) is 0 Å². The van der Waals surface area contributed by atoms with Gasteiger partial charge < -0.3 is 10.6 Å². The van der Waals surface area contributed by atoms with Crippen LogP contribution in [0.2, 0.25) is 0 Å². The smallest absolute Gasteiger partial charge is 0.253 e. The highest BCUT2D eigenvalue weighted by Gasteiger charge is 2.25. The van der Waals surface area contributed by atoms with Gasteiger partial charge in [0.2, 0.25) is 10.0 Å². The number of halogens is 2. The summed E-state index contributed by atoms with van der Waals surface area (Å²) in [6, 6.07) is 15.4. The number of nitrogens with two attached hydrogens (primary N) is 1. The van der Waals surface area contributed by atoms with Crippen LogP contribution in [0.15, 0.2) is 60.7 Å². The lowest BCUT2D eigenvalue weighted by molar-refractivity contribution is 0.0713. The number of carbonyl (C=O) groups is 1. The Bertz CT molecular complexity index is 1340. The van der Waals surface area contributed by atoms with Crippen LogP contribution in [-0.4, -0.2) is 32.3 Å². The number of sulfonamides is 1. The number of hydrogen-bond donors (Lipinski definition) is 2. The van der Waals surface area contributed by atoms with E-state index >= 15 is 0 Å². The quantitative estimate of drug-likeness (QED) is 0.476. The van der Waals surface area contributed by atoms with Crippen LogP contribution in [0.25, 0.3) is 0 Å². The first-order valence-corrected chi connectivity index (χ1v) is 13.0. The molecule has 35 heavy (non-hydrogen) atoms. The molecule has 184 valence electrons. The Hall–Kier alpha value is -3.46. The standard InChI is InChI=1S/C26H27F2N3O3S/c1-17-2-3-20(14-25(17)30-35(33,34)16-21-4-7-22(27)15-24(21)28)26(32)31-12-10-19(11-13-31)18-5-8-23(29)9-6-18/h2-9,14-15,19,30H,10-13,16,29H2,1H3. The molecule has 1 heterocycles. The third kappa shape index (κ3) is 5.97. The van der Waals surface area contributed by atoms with Crippen molar-refractivity contribution in [3.05, 3.63) is 94.6 Å². The number of aryl methyl sites for hydroxylation is 1. The molecule has 1 amide bonds. The van der Waals surface area contributed by atoms with Gasteiger partial charge in [-0.1, -0.05) is 24.3 Å². The lowest BCUT2D eigenvalue weighted by Crippen LogP contribution is -2.38. The summed E-state index contributed by atoms with van der Waals surface area (Å²) in [4.78, 5) is 14.9. The minimum atomic E-state index is -4.00. The molecule has 0 atom stereocenters. The molecule has 3 N–H and O–H groups in total. The van der Waals surface area contributed by atoms with E-state index in [9.17, 15) is 22.0 Å². The van der Waals surface area contributed by atoms with Crippen LogP contribution >= 0.6 is 0 Å². The monoisotopic (exact) mass is 499 g/mol. The zero-order valence-electron chi connectivity index (χ0n) is 19.3. The predicted molar refractivity (Wildman–Crippen MR) is 133 cm³/mol. The first-order valence-electron chi connectivity index (χ1n) is 11.3. The van der Waals surface area contributed by atoms with Crippen LogP contribution in [0.5, 0.6) is 0 Å². The molecule has 9 heteroatoms.